The van der Waals surface area contributed by atoms with Crippen LogP contribution in [0.4, 0.5) is 0 Å². The lowest BCUT2D eigenvalue weighted by atomic mass is 10.1. The summed E-state index contributed by atoms with van der Waals surface area (Å²) in [5.41, 5.74) is 0.349. The fourth-order valence-electron chi connectivity index (χ4n) is 3.21. The minimum absolute atomic E-state index is 0.232. The molecule has 0 atom stereocenters. The topological polar surface area (TPSA) is 72.7 Å². The number of fused-ring (bicyclic) bond motifs is 1. The van der Waals surface area contributed by atoms with Crippen molar-refractivity contribution in [1.82, 2.24) is 19.1 Å². The van der Waals surface area contributed by atoms with Crippen LogP contribution < -0.4 is 11.2 Å². The summed E-state index contributed by atoms with van der Waals surface area (Å²) in [6.45, 7) is 2.39. The molecule has 0 bridgehead atoms. The average Bonchev–Trinajstić information content (AvgIpc) is 3.02. The molecule has 6 heteroatoms. The largest absolute Gasteiger partial charge is 0.330 e. The normalized spacial score (nSPS) is 16.3. The molecule has 0 radical (unpaired) electrons. The molecule has 20 heavy (non-hydrogen) atoms. The highest BCUT2D eigenvalue weighted by atomic mass is 16.2. The second-order valence-electron chi connectivity index (χ2n) is 5.59. The van der Waals surface area contributed by atoms with E-state index in [0.29, 0.717) is 23.6 Å². The van der Waals surface area contributed by atoms with Crippen molar-refractivity contribution in [3.8, 4) is 0 Å². The number of aromatic nitrogens is 4. The molecule has 2 heterocycles. The highest BCUT2D eigenvalue weighted by Crippen LogP contribution is 2.33. The Balaban J connectivity index is 2.23. The van der Waals surface area contributed by atoms with Gasteiger partial charge in [0.1, 0.15) is 5.82 Å². The molecule has 1 fully saturated rings. The fourth-order valence-corrected chi connectivity index (χ4v) is 3.21. The number of H-pyrrole nitrogens is 1. The Hall–Kier alpha value is -1.85. The molecule has 0 amide bonds. The average molecular weight is 276 g/mol. The van der Waals surface area contributed by atoms with Gasteiger partial charge in [-0.3, -0.25) is 14.3 Å². The molecule has 2 aromatic rings. The van der Waals surface area contributed by atoms with E-state index in [-0.39, 0.29) is 11.2 Å². The summed E-state index contributed by atoms with van der Waals surface area (Å²) in [4.78, 5) is 31.7. The van der Waals surface area contributed by atoms with Crippen LogP contribution in [-0.4, -0.2) is 19.1 Å². The highest BCUT2D eigenvalue weighted by molar-refractivity contribution is 5.70. The lowest BCUT2D eigenvalue weighted by Gasteiger charge is -2.08. The number of hydrogen-bond donors (Lipinski definition) is 1. The van der Waals surface area contributed by atoms with Crippen LogP contribution in [0.5, 0.6) is 0 Å². The maximum atomic E-state index is 12.5. The molecule has 0 saturated heterocycles. The molecule has 0 spiro atoms. The Morgan fingerprint density at radius 3 is 2.65 bits per heavy atom. The third kappa shape index (κ3) is 1.90. The Bertz CT molecular complexity index is 747. The van der Waals surface area contributed by atoms with Gasteiger partial charge < -0.3 is 4.57 Å². The van der Waals surface area contributed by atoms with Gasteiger partial charge in [-0.05, 0) is 19.3 Å². The molecule has 3 rings (SSSR count). The van der Waals surface area contributed by atoms with Crippen LogP contribution in [0, 0.1) is 0 Å². The molecule has 1 aliphatic rings. The van der Waals surface area contributed by atoms with E-state index in [1.165, 1.54) is 17.4 Å². The van der Waals surface area contributed by atoms with Crippen molar-refractivity contribution in [3.05, 3.63) is 26.7 Å². The zero-order chi connectivity index (χ0) is 14.3. The van der Waals surface area contributed by atoms with E-state index in [4.69, 9.17) is 0 Å². The lowest BCUT2D eigenvalue weighted by Crippen LogP contribution is -2.35. The van der Waals surface area contributed by atoms with E-state index in [1.807, 2.05) is 18.5 Å². The SMILES string of the molecule is CCCn1c(=O)[nH]c2nc(C3CCCC3)n(C)c2c1=O. The number of aromatic amines is 1. The summed E-state index contributed by atoms with van der Waals surface area (Å²) in [6.07, 6.45) is 5.41. The first-order valence-corrected chi connectivity index (χ1v) is 7.33. The van der Waals surface area contributed by atoms with E-state index in [1.54, 1.807) is 0 Å². The molecule has 0 unspecified atom stereocenters. The summed E-state index contributed by atoms with van der Waals surface area (Å²) in [5, 5.41) is 0. The minimum atomic E-state index is -0.361. The zero-order valence-corrected chi connectivity index (χ0v) is 12.0. The summed E-state index contributed by atoms with van der Waals surface area (Å²) in [5.74, 6) is 1.34. The maximum Gasteiger partial charge on any atom is 0.330 e. The second kappa shape index (κ2) is 4.92. The first-order valence-electron chi connectivity index (χ1n) is 7.33. The predicted octanol–water partition coefficient (Wildman–Crippen LogP) is 1.49. The van der Waals surface area contributed by atoms with Gasteiger partial charge in [-0.1, -0.05) is 19.8 Å². The van der Waals surface area contributed by atoms with Crippen LogP contribution in [0.15, 0.2) is 9.59 Å². The standard InChI is InChI=1S/C14H20N4O2/c1-3-8-18-13(19)10-11(16-14(18)20)15-12(17(10)2)9-6-4-5-7-9/h9H,3-8H2,1-2H3,(H,16,20). The Kier molecular flexibility index (Phi) is 3.23. The van der Waals surface area contributed by atoms with Gasteiger partial charge in [0, 0.05) is 19.5 Å². The van der Waals surface area contributed by atoms with Gasteiger partial charge in [0.15, 0.2) is 11.2 Å². The number of rotatable bonds is 3. The quantitative estimate of drug-likeness (QED) is 0.923. The van der Waals surface area contributed by atoms with Crippen molar-refractivity contribution in [3.63, 3.8) is 0 Å². The van der Waals surface area contributed by atoms with Crippen LogP contribution in [0.2, 0.25) is 0 Å². The molecule has 108 valence electrons. The van der Waals surface area contributed by atoms with Gasteiger partial charge in [-0.25, -0.2) is 9.78 Å². The van der Waals surface area contributed by atoms with Crippen LogP contribution in [0.3, 0.4) is 0 Å². The van der Waals surface area contributed by atoms with Crippen LogP contribution in [0.1, 0.15) is 50.8 Å². The van der Waals surface area contributed by atoms with Crippen LogP contribution >= 0.6 is 0 Å². The van der Waals surface area contributed by atoms with Gasteiger partial charge in [-0.15, -0.1) is 0 Å². The van der Waals surface area contributed by atoms with Gasteiger partial charge in [0.05, 0.1) is 0 Å². The Labute approximate surface area is 116 Å². The second-order valence-corrected chi connectivity index (χ2v) is 5.59. The van der Waals surface area contributed by atoms with Gasteiger partial charge in [0.25, 0.3) is 5.56 Å². The Morgan fingerprint density at radius 2 is 2.00 bits per heavy atom. The highest BCUT2D eigenvalue weighted by Gasteiger charge is 2.24. The minimum Gasteiger partial charge on any atom is -0.325 e. The van der Waals surface area contributed by atoms with Crippen molar-refractivity contribution >= 4 is 11.2 Å². The molecular formula is C14H20N4O2. The number of hydrogen-bond acceptors (Lipinski definition) is 3. The van der Waals surface area contributed by atoms with E-state index >= 15 is 0 Å². The fraction of sp³-hybridized carbons (Fsp3) is 0.643. The van der Waals surface area contributed by atoms with Crippen molar-refractivity contribution in [2.45, 2.75) is 51.5 Å². The number of nitrogens with zero attached hydrogens (tertiary/aromatic N) is 3. The smallest absolute Gasteiger partial charge is 0.325 e. The summed E-state index contributed by atoms with van der Waals surface area (Å²) in [7, 11) is 1.87. The molecular weight excluding hydrogens is 256 g/mol. The number of nitrogens with one attached hydrogen (secondary N) is 1. The van der Waals surface area contributed by atoms with Crippen molar-refractivity contribution in [2.24, 2.45) is 7.05 Å². The molecule has 2 aromatic heterocycles. The third-order valence-corrected chi connectivity index (χ3v) is 4.22. The predicted molar refractivity (Wildman–Crippen MR) is 77.1 cm³/mol. The zero-order valence-electron chi connectivity index (χ0n) is 12.0. The monoisotopic (exact) mass is 276 g/mol. The molecule has 1 aliphatic carbocycles. The first-order chi connectivity index (χ1) is 9.63. The van der Waals surface area contributed by atoms with Crippen molar-refractivity contribution in [2.75, 3.05) is 0 Å². The third-order valence-electron chi connectivity index (χ3n) is 4.22. The van der Waals surface area contributed by atoms with Crippen molar-refractivity contribution in [1.29, 1.82) is 0 Å². The number of aryl methyl sites for hydroxylation is 1. The van der Waals surface area contributed by atoms with Crippen LogP contribution in [0.25, 0.3) is 11.2 Å². The molecule has 0 aromatic carbocycles. The summed E-state index contributed by atoms with van der Waals surface area (Å²) >= 11 is 0. The molecule has 1 N–H and O–H groups in total. The van der Waals surface area contributed by atoms with Gasteiger partial charge in [-0.2, -0.15) is 0 Å². The first kappa shape index (κ1) is 13.1. The van der Waals surface area contributed by atoms with E-state index in [9.17, 15) is 9.59 Å². The molecule has 6 nitrogen and oxygen atoms in total. The summed E-state index contributed by atoms with van der Waals surface area (Å²) < 4.78 is 3.14. The van der Waals surface area contributed by atoms with E-state index in [0.717, 1.165) is 25.1 Å². The van der Waals surface area contributed by atoms with E-state index in [2.05, 4.69) is 9.97 Å². The maximum absolute atomic E-state index is 12.5. The molecule has 1 saturated carbocycles. The Morgan fingerprint density at radius 1 is 1.30 bits per heavy atom. The number of imidazole rings is 1. The lowest BCUT2D eigenvalue weighted by molar-refractivity contribution is 0.617. The van der Waals surface area contributed by atoms with Gasteiger partial charge >= 0.3 is 5.69 Å². The summed E-state index contributed by atoms with van der Waals surface area (Å²) in [6, 6.07) is 0. The van der Waals surface area contributed by atoms with Crippen molar-refractivity contribution < 1.29 is 0 Å². The van der Waals surface area contributed by atoms with E-state index < -0.39 is 0 Å². The van der Waals surface area contributed by atoms with Crippen LogP contribution in [-0.2, 0) is 13.6 Å². The van der Waals surface area contributed by atoms with Gasteiger partial charge in [0.2, 0.25) is 0 Å². The molecule has 0 aliphatic heterocycles.